The van der Waals surface area contributed by atoms with Crippen LogP contribution >= 0.6 is 30.1 Å². The van der Waals surface area contributed by atoms with Gasteiger partial charge in [0.05, 0.1) is 6.54 Å². The van der Waals surface area contributed by atoms with Crippen LogP contribution in [-0.4, -0.2) is 6.54 Å². The minimum absolute atomic E-state index is 0.666. The summed E-state index contributed by atoms with van der Waals surface area (Å²) in [6, 6.07) is 0. The molecule has 0 bridgehead atoms. The molecule has 1 nitrogen and oxygen atoms in total. The predicted octanol–water partition coefficient (Wildman–Crippen LogP) is 2.71. The number of hydrogen-bond acceptors (Lipinski definition) is 2. The molecule has 3 heteroatoms. The molecule has 0 aromatic carbocycles. The van der Waals surface area contributed by atoms with Crippen LogP contribution in [0.5, 0.6) is 0 Å². The molecule has 0 aliphatic rings. The van der Waals surface area contributed by atoms with E-state index in [0.29, 0.717) is 6.54 Å². The molecule has 0 amide bonds. The minimum atomic E-state index is 0.666. The number of nitrogens with one attached hydrogen (secondary N) is 1. The summed E-state index contributed by atoms with van der Waals surface area (Å²) < 4.78 is 0. The van der Waals surface area contributed by atoms with Crippen LogP contribution in [0.25, 0.3) is 0 Å². The van der Waals surface area contributed by atoms with Crippen LogP contribution < -0.4 is 5.32 Å². The van der Waals surface area contributed by atoms with Crippen LogP contribution in [-0.2, 0) is 0 Å². The molecule has 0 fully saturated rings. The van der Waals surface area contributed by atoms with E-state index in [0.717, 1.165) is 5.70 Å². The number of hydrogen-bond donors (Lipinski definition) is 1. The molecule has 0 radical (unpaired) electrons. The molecule has 0 atom stereocenters. The molecule has 60 valence electrons. The predicted molar refractivity (Wildman–Crippen MR) is 61.3 cm³/mol. The van der Waals surface area contributed by atoms with Gasteiger partial charge in [-0.15, -0.1) is 0 Å². The maximum atomic E-state index is 3.77. The summed E-state index contributed by atoms with van der Waals surface area (Å²) in [6.07, 6.45) is 3.86. The molecule has 11 heavy (non-hydrogen) atoms. The van der Waals surface area contributed by atoms with E-state index in [2.05, 4.69) is 44.3 Å². The Morgan fingerprint density at radius 1 is 1.82 bits per heavy atom. The normalized spacial score (nSPS) is 8.91. The molecule has 1 N–H and O–H groups in total. The number of rotatable bonds is 3. The van der Waals surface area contributed by atoms with E-state index in [4.69, 9.17) is 0 Å². The monoisotopic (exact) mass is 279 g/mol. The zero-order valence-corrected chi connectivity index (χ0v) is 9.33. The van der Waals surface area contributed by atoms with E-state index in [9.17, 15) is 0 Å². The Bertz CT molecular complexity index is 200. The first-order valence-corrected chi connectivity index (χ1v) is 6.48. The van der Waals surface area contributed by atoms with E-state index in [1.165, 1.54) is 8.93 Å². The van der Waals surface area contributed by atoms with Gasteiger partial charge in [0, 0.05) is 26.9 Å². The van der Waals surface area contributed by atoms with Crippen molar-refractivity contribution < 1.29 is 0 Å². The van der Waals surface area contributed by atoms with E-state index >= 15 is 0 Å². The molecule has 0 heterocycles. The lowest BCUT2D eigenvalue weighted by atomic mass is 10.4. The zero-order chi connectivity index (χ0) is 8.53. The van der Waals surface area contributed by atoms with Gasteiger partial charge in [-0.05, 0) is 27.2 Å². The van der Waals surface area contributed by atoms with Crippen molar-refractivity contribution >= 4 is 30.1 Å². The van der Waals surface area contributed by atoms with Crippen molar-refractivity contribution in [2.45, 2.75) is 6.92 Å². The Kier molecular flexibility index (Phi) is 7.96. The molecule has 0 aromatic heterocycles. The van der Waals surface area contributed by atoms with Crippen molar-refractivity contribution in [1.82, 2.24) is 5.32 Å². The van der Waals surface area contributed by atoms with Crippen LogP contribution in [0.4, 0.5) is 0 Å². The van der Waals surface area contributed by atoms with Crippen molar-refractivity contribution in [3.63, 3.8) is 0 Å². The van der Waals surface area contributed by atoms with Gasteiger partial charge in [0.25, 0.3) is 0 Å². The summed E-state index contributed by atoms with van der Waals surface area (Å²) in [5, 5.41) is 5.92. The third-order valence-corrected chi connectivity index (χ3v) is 1.76. The maximum absolute atomic E-state index is 3.77. The van der Waals surface area contributed by atoms with E-state index in [1.54, 1.807) is 0 Å². The minimum Gasteiger partial charge on any atom is -0.375 e. The smallest absolute Gasteiger partial charge is 0.0775 e. The molecule has 0 saturated carbocycles. The molecule has 0 aliphatic carbocycles. The second-order valence-corrected chi connectivity index (χ2v) is 3.41. The Balaban J connectivity index is 3.46. The lowest BCUT2D eigenvalue weighted by Crippen LogP contribution is -2.10. The van der Waals surface area contributed by atoms with Gasteiger partial charge >= 0.3 is 0 Å². The molecular weight excluding hydrogens is 269 g/mol. The second-order valence-electron chi connectivity index (χ2n) is 1.73. The van der Waals surface area contributed by atoms with Crippen molar-refractivity contribution in [3.8, 4) is 11.2 Å². The highest BCUT2D eigenvalue weighted by Crippen LogP contribution is 2.06. The zero-order valence-electron chi connectivity index (χ0n) is 6.36. The lowest BCUT2D eigenvalue weighted by Gasteiger charge is -1.97. The molecular formula is C8H10INS. The molecule has 0 aliphatic heterocycles. The highest BCUT2D eigenvalue weighted by molar-refractivity contribution is 14.2. The Hall–Kier alpha value is -0.0800. The fraction of sp³-hybridized carbons (Fsp3) is 0.250. The van der Waals surface area contributed by atoms with E-state index in [1.807, 2.05) is 19.1 Å². The highest BCUT2D eigenvalue weighted by Gasteiger charge is 1.80. The second kappa shape index (κ2) is 8.02. The van der Waals surface area contributed by atoms with Crippen LogP contribution in [0.3, 0.4) is 0 Å². The van der Waals surface area contributed by atoms with Gasteiger partial charge in [0.1, 0.15) is 0 Å². The fourth-order valence-electron chi connectivity index (χ4n) is 0.481. The van der Waals surface area contributed by atoms with E-state index in [-0.39, 0.29) is 0 Å². The summed E-state index contributed by atoms with van der Waals surface area (Å²) in [7, 11) is 1.49. The summed E-state index contributed by atoms with van der Waals surface area (Å²) >= 11 is 2.14. The topological polar surface area (TPSA) is 12.0 Å². The average Bonchev–Trinajstić information content (AvgIpc) is 1.99. The van der Waals surface area contributed by atoms with Gasteiger partial charge in [-0.2, -0.15) is 0 Å². The quantitative estimate of drug-likeness (QED) is 0.484. The Labute approximate surface area is 84.3 Å². The number of halogens is 1. The summed E-state index contributed by atoms with van der Waals surface area (Å²) in [5.41, 5.74) is 0.903. The largest absolute Gasteiger partial charge is 0.375 e. The Morgan fingerprint density at radius 2 is 2.55 bits per heavy atom. The first kappa shape index (κ1) is 10.9. The van der Waals surface area contributed by atoms with Gasteiger partial charge in [0.15, 0.2) is 0 Å². The fourth-order valence-corrected chi connectivity index (χ4v) is 1.08. The van der Waals surface area contributed by atoms with Crippen LogP contribution in [0.1, 0.15) is 6.92 Å². The van der Waals surface area contributed by atoms with Crippen molar-refractivity contribution in [2.24, 2.45) is 0 Å². The van der Waals surface area contributed by atoms with Gasteiger partial charge in [-0.1, -0.05) is 18.6 Å². The third kappa shape index (κ3) is 7.82. The lowest BCUT2D eigenvalue weighted by molar-refractivity contribution is 0.959. The SMILES string of the molecule is C=C(/C=C\C)NCC#CSI. The average molecular weight is 279 g/mol. The summed E-state index contributed by atoms with van der Waals surface area (Å²) in [6.45, 7) is 6.39. The standard InChI is InChI=1S/C8H10INS/c1-3-5-8(2)10-6-4-7-11-9/h3,5,10H,2,6H2,1H3/b5-3-. The van der Waals surface area contributed by atoms with Gasteiger partial charge < -0.3 is 5.32 Å². The first-order chi connectivity index (χ1) is 5.31. The van der Waals surface area contributed by atoms with Crippen molar-refractivity contribution in [1.29, 1.82) is 0 Å². The molecule has 0 saturated heterocycles. The summed E-state index contributed by atoms with van der Waals surface area (Å²) in [4.78, 5) is 0. The van der Waals surface area contributed by atoms with Crippen molar-refractivity contribution in [3.05, 3.63) is 24.4 Å². The summed E-state index contributed by atoms with van der Waals surface area (Å²) in [5.74, 6) is 2.92. The van der Waals surface area contributed by atoms with Crippen LogP contribution in [0.2, 0.25) is 0 Å². The molecule has 0 aromatic rings. The first-order valence-electron chi connectivity index (χ1n) is 3.12. The van der Waals surface area contributed by atoms with Gasteiger partial charge in [0.2, 0.25) is 0 Å². The maximum Gasteiger partial charge on any atom is 0.0775 e. The number of allylic oxidation sites excluding steroid dienone is 2. The van der Waals surface area contributed by atoms with Crippen molar-refractivity contribution in [2.75, 3.05) is 6.54 Å². The molecule has 0 unspecified atom stereocenters. The third-order valence-electron chi connectivity index (χ3n) is 0.882. The van der Waals surface area contributed by atoms with Crippen LogP contribution in [0, 0.1) is 11.2 Å². The Morgan fingerprint density at radius 3 is 3.09 bits per heavy atom. The van der Waals surface area contributed by atoms with Gasteiger partial charge in [-0.25, -0.2) is 0 Å². The molecule has 0 spiro atoms. The molecule has 0 rings (SSSR count). The van der Waals surface area contributed by atoms with Gasteiger partial charge in [-0.3, -0.25) is 0 Å². The van der Waals surface area contributed by atoms with Crippen LogP contribution in [0.15, 0.2) is 24.4 Å². The van der Waals surface area contributed by atoms with E-state index < -0.39 is 0 Å². The highest BCUT2D eigenvalue weighted by atomic mass is 127.